The van der Waals surface area contributed by atoms with E-state index in [9.17, 15) is 18.3 Å². The van der Waals surface area contributed by atoms with Crippen LogP contribution in [0.25, 0.3) is 27.0 Å². The van der Waals surface area contributed by atoms with Crippen molar-refractivity contribution in [3.05, 3.63) is 47.6 Å². The Kier molecular flexibility index (Phi) is 5.25. The molecule has 0 radical (unpaired) electrons. The van der Waals surface area contributed by atoms with Crippen LogP contribution in [0.15, 0.2) is 30.6 Å². The highest BCUT2D eigenvalue weighted by molar-refractivity contribution is 5.98. The predicted molar refractivity (Wildman–Crippen MR) is 99.9 cm³/mol. The molecule has 146 valence electrons. The van der Waals surface area contributed by atoms with Gasteiger partial charge < -0.3 is 15.4 Å². The van der Waals surface area contributed by atoms with Gasteiger partial charge in [-0.3, -0.25) is 0 Å². The molecule has 3 rings (SSSR count). The highest BCUT2D eigenvalue weighted by atomic mass is 19.4. The average molecular weight is 389 g/mol. The summed E-state index contributed by atoms with van der Waals surface area (Å²) < 4.78 is 39.3. The summed E-state index contributed by atoms with van der Waals surface area (Å²) >= 11 is 0. The van der Waals surface area contributed by atoms with Crippen LogP contribution < -0.4 is 5.32 Å². The molecule has 0 spiro atoms. The van der Waals surface area contributed by atoms with E-state index in [0.717, 1.165) is 12.1 Å². The number of aromatic amines is 1. The first-order valence-corrected chi connectivity index (χ1v) is 8.55. The SMILES string of the molecule is [C-]#[N+]c1cnc(N[C@@H](CO)C(C)C)nc1-c1c[nH]c2ccc(C(F)(F)F)cc12. The number of halogens is 3. The summed E-state index contributed by atoms with van der Waals surface area (Å²) in [4.78, 5) is 14.7. The van der Waals surface area contributed by atoms with Crippen LogP contribution in [0.1, 0.15) is 19.4 Å². The second-order valence-electron chi connectivity index (χ2n) is 6.68. The fraction of sp³-hybridized carbons (Fsp3) is 0.316. The summed E-state index contributed by atoms with van der Waals surface area (Å²) in [6.45, 7) is 11.0. The van der Waals surface area contributed by atoms with Gasteiger partial charge in [-0.05, 0) is 24.1 Å². The number of aliphatic hydroxyl groups excluding tert-OH is 1. The quantitative estimate of drug-likeness (QED) is 0.556. The molecule has 6 nitrogen and oxygen atoms in total. The molecule has 0 bridgehead atoms. The predicted octanol–water partition coefficient (Wildman–Crippen LogP) is 4.62. The Bertz CT molecular complexity index is 1040. The Balaban J connectivity index is 2.12. The largest absolute Gasteiger partial charge is 0.416 e. The normalized spacial score (nSPS) is 12.9. The van der Waals surface area contributed by atoms with Crippen LogP contribution in [0.3, 0.4) is 0 Å². The van der Waals surface area contributed by atoms with Gasteiger partial charge in [0.05, 0.1) is 30.5 Å². The molecule has 1 aromatic carbocycles. The molecule has 0 unspecified atom stereocenters. The zero-order valence-electron chi connectivity index (χ0n) is 15.2. The van der Waals surface area contributed by atoms with Crippen LogP contribution >= 0.6 is 0 Å². The number of anilines is 1. The summed E-state index contributed by atoms with van der Waals surface area (Å²) in [5.74, 6) is 0.288. The topological polar surface area (TPSA) is 78.2 Å². The van der Waals surface area contributed by atoms with Gasteiger partial charge in [-0.15, -0.1) is 0 Å². The van der Waals surface area contributed by atoms with Gasteiger partial charge >= 0.3 is 6.18 Å². The summed E-state index contributed by atoms with van der Waals surface area (Å²) in [7, 11) is 0. The van der Waals surface area contributed by atoms with Gasteiger partial charge in [0, 0.05) is 28.9 Å². The third-order valence-corrected chi connectivity index (χ3v) is 4.47. The standard InChI is InChI=1S/C19H18F3N5O/c1-10(2)16(9-28)26-18-25-8-15(23-3)17(27-18)13-7-24-14-5-4-11(6-12(13)14)19(20,21)22/h4-8,10,16,24,28H,9H2,1-2H3,(H,25,26,27)/t16-/m0/s1. The number of hydrogen-bond donors (Lipinski definition) is 3. The molecule has 3 aromatic rings. The second kappa shape index (κ2) is 7.48. The third-order valence-electron chi connectivity index (χ3n) is 4.47. The Hall–Kier alpha value is -3.12. The molecular formula is C19H18F3N5O. The fourth-order valence-corrected chi connectivity index (χ4v) is 2.81. The van der Waals surface area contributed by atoms with Crippen molar-refractivity contribution in [1.82, 2.24) is 15.0 Å². The number of H-pyrrole nitrogens is 1. The first-order chi connectivity index (χ1) is 13.2. The molecule has 0 saturated heterocycles. The minimum Gasteiger partial charge on any atom is -0.394 e. The van der Waals surface area contributed by atoms with E-state index in [1.54, 1.807) is 0 Å². The molecular weight excluding hydrogens is 371 g/mol. The summed E-state index contributed by atoms with van der Waals surface area (Å²) in [6, 6.07) is 3.08. The van der Waals surface area contributed by atoms with E-state index in [2.05, 4.69) is 25.1 Å². The molecule has 28 heavy (non-hydrogen) atoms. The molecule has 1 atom stereocenters. The molecule has 9 heteroatoms. The maximum Gasteiger partial charge on any atom is 0.416 e. The van der Waals surface area contributed by atoms with Crippen molar-refractivity contribution in [3.8, 4) is 11.3 Å². The van der Waals surface area contributed by atoms with Crippen LogP contribution in [0, 0.1) is 12.5 Å². The third kappa shape index (κ3) is 3.77. The number of nitrogens with one attached hydrogen (secondary N) is 2. The first-order valence-electron chi connectivity index (χ1n) is 8.55. The average Bonchev–Trinajstić information content (AvgIpc) is 3.08. The highest BCUT2D eigenvalue weighted by Crippen LogP contribution is 2.37. The van der Waals surface area contributed by atoms with Crippen LogP contribution in [-0.2, 0) is 6.18 Å². The fourth-order valence-electron chi connectivity index (χ4n) is 2.81. The minimum absolute atomic E-state index is 0.0972. The minimum atomic E-state index is -4.48. The Morgan fingerprint density at radius 1 is 1.32 bits per heavy atom. The summed E-state index contributed by atoms with van der Waals surface area (Å²) in [5.41, 5.74) is 0.440. The second-order valence-corrected chi connectivity index (χ2v) is 6.68. The van der Waals surface area contributed by atoms with Crippen LogP contribution in [0.2, 0.25) is 0 Å². The number of benzene rings is 1. The van der Waals surface area contributed by atoms with Crippen molar-refractivity contribution >= 4 is 22.5 Å². The van der Waals surface area contributed by atoms with Crippen molar-refractivity contribution in [2.24, 2.45) is 5.92 Å². The van der Waals surface area contributed by atoms with Gasteiger partial charge in [-0.25, -0.2) is 14.8 Å². The van der Waals surface area contributed by atoms with Gasteiger partial charge in [-0.2, -0.15) is 13.2 Å². The summed E-state index contributed by atoms with van der Waals surface area (Å²) in [5, 5.41) is 12.8. The van der Waals surface area contributed by atoms with Gasteiger partial charge in [0.15, 0.2) is 0 Å². The molecule has 0 saturated carbocycles. The Morgan fingerprint density at radius 2 is 2.07 bits per heavy atom. The molecule has 2 heterocycles. The van der Waals surface area contributed by atoms with Crippen molar-refractivity contribution < 1.29 is 18.3 Å². The molecule has 0 aliphatic rings. The summed E-state index contributed by atoms with van der Waals surface area (Å²) in [6.07, 6.45) is -1.63. The Morgan fingerprint density at radius 3 is 2.68 bits per heavy atom. The van der Waals surface area contributed by atoms with Crippen LogP contribution in [-0.4, -0.2) is 32.7 Å². The van der Waals surface area contributed by atoms with Gasteiger partial charge in [-0.1, -0.05) is 13.8 Å². The number of alkyl halides is 3. The van der Waals surface area contributed by atoms with E-state index in [1.807, 2.05) is 13.8 Å². The number of rotatable bonds is 5. The smallest absolute Gasteiger partial charge is 0.394 e. The van der Waals surface area contributed by atoms with Crippen molar-refractivity contribution in [1.29, 1.82) is 0 Å². The number of fused-ring (bicyclic) bond motifs is 1. The van der Waals surface area contributed by atoms with Gasteiger partial charge in [0.2, 0.25) is 11.6 Å². The van der Waals surface area contributed by atoms with E-state index in [4.69, 9.17) is 6.57 Å². The van der Waals surface area contributed by atoms with Crippen molar-refractivity contribution in [2.45, 2.75) is 26.1 Å². The molecule has 3 N–H and O–H groups in total. The number of aromatic nitrogens is 3. The van der Waals surface area contributed by atoms with Gasteiger partial charge in [0.25, 0.3) is 0 Å². The number of aliphatic hydroxyl groups is 1. The lowest BCUT2D eigenvalue weighted by molar-refractivity contribution is -0.137. The van der Waals surface area contributed by atoms with Crippen LogP contribution in [0.5, 0.6) is 0 Å². The first kappa shape index (κ1) is 19.6. The zero-order chi connectivity index (χ0) is 20.5. The zero-order valence-corrected chi connectivity index (χ0v) is 15.2. The Labute approximate surface area is 159 Å². The molecule has 0 amide bonds. The maximum absolute atomic E-state index is 13.1. The lowest BCUT2D eigenvalue weighted by atomic mass is 10.1. The van der Waals surface area contributed by atoms with E-state index in [0.29, 0.717) is 16.5 Å². The number of nitrogens with zero attached hydrogens (tertiary/aromatic N) is 3. The lowest BCUT2D eigenvalue weighted by Gasteiger charge is -2.20. The van der Waals surface area contributed by atoms with E-state index < -0.39 is 11.7 Å². The molecule has 0 aliphatic carbocycles. The number of hydrogen-bond acceptors (Lipinski definition) is 4. The van der Waals surface area contributed by atoms with Crippen LogP contribution in [0.4, 0.5) is 24.8 Å². The molecule has 0 aliphatic heterocycles. The molecule has 0 fully saturated rings. The van der Waals surface area contributed by atoms with E-state index >= 15 is 0 Å². The highest BCUT2D eigenvalue weighted by Gasteiger charge is 2.31. The van der Waals surface area contributed by atoms with Crippen molar-refractivity contribution in [2.75, 3.05) is 11.9 Å². The monoisotopic (exact) mass is 389 g/mol. The van der Waals surface area contributed by atoms with Gasteiger partial charge in [0.1, 0.15) is 0 Å². The lowest BCUT2D eigenvalue weighted by Crippen LogP contribution is -2.30. The van der Waals surface area contributed by atoms with E-state index in [1.165, 1.54) is 18.5 Å². The van der Waals surface area contributed by atoms with Crippen molar-refractivity contribution in [3.63, 3.8) is 0 Å². The van der Waals surface area contributed by atoms with E-state index in [-0.39, 0.29) is 35.9 Å². The molecule has 2 aromatic heterocycles. The maximum atomic E-state index is 13.1.